The molecule has 0 atom stereocenters. The summed E-state index contributed by atoms with van der Waals surface area (Å²) in [4.78, 5) is 31.3. The highest BCUT2D eigenvalue weighted by molar-refractivity contribution is 7.98. The molecule has 3 aromatic rings. The molecule has 9 nitrogen and oxygen atoms in total. The number of aromatic nitrogens is 6. The SMILES string of the molecule is CSc1nc(C)c(CCC(=O)Nc2ccc(-n3cnnn3)cc2)c(=O)[nH]1. The predicted molar refractivity (Wildman–Crippen MR) is 97.5 cm³/mol. The van der Waals surface area contributed by atoms with Crippen LogP contribution in [0.25, 0.3) is 5.69 Å². The van der Waals surface area contributed by atoms with Gasteiger partial charge in [-0.1, -0.05) is 11.8 Å². The number of thioether (sulfide) groups is 1. The fourth-order valence-corrected chi connectivity index (χ4v) is 2.84. The number of aromatic amines is 1. The third-order valence-electron chi connectivity index (χ3n) is 3.76. The summed E-state index contributed by atoms with van der Waals surface area (Å²) in [5, 5.41) is 14.3. The Morgan fingerprint density at radius 1 is 1.31 bits per heavy atom. The molecule has 0 radical (unpaired) electrons. The molecule has 2 N–H and O–H groups in total. The normalized spacial score (nSPS) is 10.7. The zero-order chi connectivity index (χ0) is 18.5. The van der Waals surface area contributed by atoms with Crippen molar-refractivity contribution in [3.63, 3.8) is 0 Å². The second kappa shape index (κ2) is 7.91. The number of aryl methyl sites for hydroxylation is 1. The summed E-state index contributed by atoms with van der Waals surface area (Å²) in [5.41, 5.74) is 2.44. The number of amides is 1. The van der Waals surface area contributed by atoms with E-state index < -0.39 is 0 Å². The van der Waals surface area contributed by atoms with E-state index in [2.05, 4.69) is 30.8 Å². The quantitative estimate of drug-likeness (QED) is 0.496. The molecule has 0 unspecified atom stereocenters. The van der Waals surface area contributed by atoms with Crippen LogP contribution in [-0.2, 0) is 11.2 Å². The standard InChI is InChI=1S/C16H17N7O2S/c1-10-13(15(25)20-16(18-10)26-2)7-8-14(24)19-11-3-5-12(6-4-11)23-9-17-21-22-23/h3-6,9H,7-8H2,1-2H3,(H,19,24)(H,18,20,25). The Labute approximate surface area is 153 Å². The molecule has 0 aliphatic rings. The van der Waals surface area contributed by atoms with Gasteiger partial charge in [0, 0.05) is 23.4 Å². The largest absolute Gasteiger partial charge is 0.326 e. The average Bonchev–Trinajstić information content (AvgIpc) is 3.16. The van der Waals surface area contributed by atoms with E-state index in [0.717, 1.165) is 5.69 Å². The molecule has 2 heterocycles. The average molecular weight is 371 g/mol. The van der Waals surface area contributed by atoms with Crippen molar-refractivity contribution >= 4 is 23.4 Å². The Hall–Kier alpha value is -3.01. The molecule has 10 heteroatoms. The van der Waals surface area contributed by atoms with E-state index in [9.17, 15) is 9.59 Å². The van der Waals surface area contributed by atoms with E-state index in [1.807, 2.05) is 6.26 Å². The minimum atomic E-state index is -0.194. The summed E-state index contributed by atoms with van der Waals surface area (Å²) in [6.07, 6.45) is 3.86. The number of hydrogen-bond donors (Lipinski definition) is 2. The third kappa shape index (κ3) is 4.14. The molecule has 3 rings (SSSR count). The van der Waals surface area contributed by atoms with Gasteiger partial charge in [-0.25, -0.2) is 9.67 Å². The van der Waals surface area contributed by atoms with E-state index in [1.165, 1.54) is 22.8 Å². The van der Waals surface area contributed by atoms with Gasteiger partial charge in [0.1, 0.15) is 6.33 Å². The van der Waals surface area contributed by atoms with Gasteiger partial charge in [-0.2, -0.15) is 0 Å². The van der Waals surface area contributed by atoms with Crippen molar-refractivity contribution < 1.29 is 4.79 Å². The molecule has 2 aromatic heterocycles. The van der Waals surface area contributed by atoms with Crippen molar-refractivity contribution in [1.29, 1.82) is 0 Å². The smallest absolute Gasteiger partial charge is 0.254 e. The fraction of sp³-hybridized carbons (Fsp3) is 0.250. The summed E-state index contributed by atoms with van der Waals surface area (Å²) in [5.74, 6) is -0.173. The van der Waals surface area contributed by atoms with Crippen molar-refractivity contribution in [2.75, 3.05) is 11.6 Å². The summed E-state index contributed by atoms with van der Waals surface area (Å²) in [6, 6.07) is 7.13. The number of hydrogen-bond acceptors (Lipinski definition) is 7. The van der Waals surface area contributed by atoms with Crippen LogP contribution in [-0.4, -0.2) is 42.3 Å². The van der Waals surface area contributed by atoms with Crippen molar-refractivity contribution in [2.24, 2.45) is 0 Å². The molecule has 0 bridgehead atoms. The van der Waals surface area contributed by atoms with Crippen LogP contribution in [0.3, 0.4) is 0 Å². The molecule has 0 saturated carbocycles. The van der Waals surface area contributed by atoms with Gasteiger partial charge in [0.15, 0.2) is 5.16 Å². The van der Waals surface area contributed by atoms with Crippen LogP contribution >= 0.6 is 11.8 Å². The van der Waals surface area contributed by atoms with Gasteiger partial charge in [-0.05, 0) is 54.3 Å². The van der Waals surface area contributed by atoms with E-state index in [0.29, 0.717) is 28.5 Å². The van der Waals surface area contributed by atoms with Gasteiger partial charge in [-0.3, -0.25) is 9.59 Å². The Kier molecular flexibility index (Phi) is 5.42. The van der Waals surface area contributed by atoms with E-state index in [4.69, 9.17) is 0 Å². The summed E-state index contributed by atoms with van der Waals surface area (Å²) >= 11 is 1.37. The molecule has 0 aliphatic heterocycles. The zero-order valence-electron chi connectivity index (χ0n) is 14.3. The second-order valence-electron chi connectivity index (χ2n) is 5.49. The molecular formula is C16H17N7O2S. The maximum absolute atomic E-state index is 12.2. The maximum atomic E-state index is 12.2. The van der Waals surface area contributed by atoms with Crippen molar-refractivity contribution in [3.05, 3.63) is 52.2 Å². The number of carbonyl (C=O) groups excluding carboxylic acids is 1. The lowest BCUT2D eigenvalue weighted by Gasteiger charge is -2.08. The Morgan fingerprint density at radius 2 is 2.08 bits per heavy atom. The highest BCUT2D eigenvalue weighted by Crippen LogP contribution is 2.13. The molecule has 0 aliphatic carbocycles. The third-order valence-corrected chi connectivity index (χ3v) is 4.34. The number of nitrogens with zero attached hydrogens (tertiary/aromatic N) is 5. The molecule has 0 saturated heterocycles. The lowest BCUT2D eigenvalue weighted by Crippen LogP contribution is -2.20. The Balaban J connectivity index is 1.60. The van der Waals surface area contributed by atoms with Crippen LogP contribution in [0.5, 0.6) is 0 Å². The van der Waals surface area contributed by atoms with Crippen LogP contribution in [0.2, 0.25) is 0 Å². The minimum Gasteiger partial charge on any atom is -0.326 e. The van der Waals surface area contributed by atoms with Gasteiger partial charge in [-0.15, -0.1) is 5.10 Å². The molecule has 1 aromatic carbocycles. The monoisotopic (exact) mass is 371 g/mol. The minimum absolute atomic E-state index is 0.173. The first-order chi connectivity index (χ1) is 12.6. The summed E-state index contributed by atoms with van der Waals surface area (Å²) in [7, 11) is 0. The van der Waals surface area contributed by atoms with Gasteiger partial charge in [0.05, 0.1) is 5.69 Å². The van der Waals surface area contributed by atoms with Crippen molar-refractivity contribution in [1.82, 2.24) is 30.2 Å². The van der Waals surface area contributed by atoms with Crippen LogP contribution in [0.1, 0.15) is 17.7 Å². The summed E-state index contributed by atoms with van der Waals surface area (Å²) in [6.45, 7) is 1.78. The van der Waals surface area contributed by atoms with Crippen molar-refractivity contribution in [2.45, 2.75) is 24.9 Å². The molecule has 0 fully saturated rings. The second-order valence-corrected chi connectivity index (χ2v) is 6.28. The first-order valence-electron chi connectivity index (χ1n) is 7.84. The number of benzene rings is 1. The molecule has 0 spiro atoms. The van der Waals surface area contributed by atoms with Crippen LogP contribution in [0.15, 0.2) is 40.5 Å². The molecule has 26 heavy (non-hydrogen) atoms. The summed E-state index contributed by atoms with van der Waals surface area (Å²) < 4.78 is 1.52. The maximum Gasteiger partial charge on any atom is 0.254 e. The van der Waals surface area contributed by atoms with Crippen molar-refractivity contribution in [3.8, 4) is 5.69 Å². The van der Waals surface area contributed by atoms with Gasteiger partial charge in [0.2, 0.25) is 5.91 Å². The number of nitrogens with one attached hydrogen (secondary N) is 2. The van der Waals surface area contributed by atoms with Gasteiger partial charge < -0.3 is 10.3 Å². The lowest BCUT2D eigenvalue weighted by molar-refractivity contribution is -0.116. The lowest BCUT2D eigenvalue weighted by atomic mass is 10.1. The number of tetrazole rings is 1. The highest BCUT2D eigenvalue weighted by Gasteiger charge is 2.11. The van der Waals surface area contributed by atoms with Crippen LogP contribution in [0.4, 0.5) is 5.69 Å². The first kappa shape index (κ1) is 17.8. The van der Waals surface area contributed by atoms with Gasteiger partial charge >= 0.3 is 0 Å². The highest BCUT2D eigenvalue weighted by atomic mass is 32.2. The fourth-order valence-electron chi connectivity index (χ4n) is 2.41. The molecule has 134 valence electrons. The number of rotatable bonds is 6. The van der Waals surface area contributed by atoms with E-state index >= 15 is 0 Å². The Bertz CT molecular complexity index is 952. The van der Waals surface area contributed by atoms with E-state index in [1.54, 1.807) is 31.2 Å². The van der Waals surface area contributed by atoms with Gasteiger partial charge in [0.25, 0.3) is 5.56 Å². The number of carbonyl (C=O) groups is 1. The first-order valence-corrected chi connectivity index (χ1v) is 9.06. The Morgan fingerprint density at radius 3 is 2.69 bits per heavy atom. The number of H-pyrrole nitrogens is 1. The van der Waals surface area contributed by atoms with Crippen LogP contribution in [0, 0.1) is 6.92 Å². The molecular weight excluding hydrogens is 354 g/mol. The topological polar surface area (TPSA) is 118 Å². The number of anilines is 1. The van der Waals surface area contributed by atoms with E-state index in [-0.39, 0.29) is 17.9 Å². The predicted octanol–water partition coefficient (Wildman–Crippen LogP) is 1.35. The zero-order valence-corrected chi connectivity index (χ0v) is 15.1. The van der Waals surface area contributed by atoms with Crippen LogP contribution < -0.4 is 10.9 Å². The molecule has 1 amide bonds.